The van der Waals surface area contributed by atoms with E-state index < -0.39 is 16.9 Å². The van der Waals surface area contributed by atoms with Crippen LogP contribution in [0.1, 0.15) is 26.2 Å². The quantitative estimate of drug-likeness (QED) is 0.602. The van der Waals surface area contributed by atoms with E-state index in [2.05, 4.69) is 0 Å². The van der Waals surface area contributed by atoms with Crippen molar-refractivity contribution < 1.29 is 14.6 Å². The number of carbonyl (C=O) groups is 1. The van der Waals surface area contributed by atoms with Gasteiger partial charge in [-0.1, -0.05) is 0 Å². The minimum Gasteiger partial charge on any atom is -0.466 e. The highest BCUT2D eigenvalue weighted by molar-refractivity contribution is 6.24. The topological polar surface area (TPSA) is 72.5 Å². The van der Waals surface area contributed by atoms with Crippen LogP contribution in [0, 0.1) is 5.92 Å². The molecule has 100 valence electrons. The Hall–Kier alpha value is -0.0300. The molecule has 4 nitrogen and oxygen atoms in total. The summed E-state index contributed by atoms with van der Waals surface area (Å²) in [4.78, 5) is 11.3. The number of aliphatic hydroxyl groups is 1. The van der Waals surface area contributed by atoms with Gasteiger partial charge >= 0.3 is 5.97 Å². The largest absolute Gasteiger partial charge is 0.466 e. The molecule has 0 radical (unpaired) electrons. The lowest BCUT2D eigenvalue weighted by atomic mass is 9.81. The summed E-state index contributed by atoms with van der Waals surface area (Å²) in [6, 6.07) is -0.316. The van der Waals surface area contributed by atoms with Crippen molar-refractivity contribution in [3.05, 3.63) is 0 Å². The summed E-state index contributed by atoms with van der Waals surface area (Å²) in [5.74, 6) is -0.254. The molecule has 1 fully saturated rings. The summed E-state index contributed by atoms with van der Waals surface area (Å²) < 4.78 is 4.84. The van der Waals surface area contributed by atoms with E-state index in [1.807, 2.05) is 0 Å². The van der Waals surface area contributed by atoms with Gasteiger partial charge < -0.3 is 15.6 Å². The van der Waals surface area contributed by atoms with Gasteiger partial charge in [0.1, 0.15) is 0 Å². The second-order valence-corrected chi connectivity index (χ2v) is 5.55. The second kappa shape index (κ2) is 6.78. The molecule has 1 aliphatic rings. The summed E-state index contributed by atoms with van der Waals surface area (Å²) in [5.41, 5.74) is 5.95. The molecule has 0 aliphatic heterocycles. The number of halogens is 2. The van der Waals surface area contributed by atoms with Crippen molar-refractivity contribution in [3.8, 4) is 0 Å². The Labute approximate surface area is 111 Å². The predicted molar refractivity (Wildman–Crippen MR) is 67.2 cm³/mol. The Morgan fingerprint density at radius 2 is 2.00 bits per heavy atom. The summed E-state index contributed by atoms with van der Waals surface area (Å²) >= 11 is 12.0. The molecule has 0 spiro atoms. The third-order valence-electron chi connectivity index (χ3n) is 3.11. The number of rotatable bonds is 4. The van der Waals surface area contributed by atoms with Crippen LogP contribution >= 0.6 is 23.2 Å². The lowest BCUT2D eigenvalue weighted by Crippen LogP contribution is -2.45. The fourth-order valence-electron chi connectivity index (χ4n) is 2.11. The molecule has 0 saturated heterocycles. The third kappa shape index (κ3) is 4.28. The Bertz CT molecular complexity index is 253. The molecule has 0 aromatic carbocycles. The smallest absolute Gasteiger partial charge is 0.307 e. The molecule has 3 atom stereocenters. The Kier molecular flexibility index (Phi) is 6.00. The van der Waals surface area contributed by atoms with Crippen molar-refractivity contribution in [3.63, 3.8) is 0 Å². The van der Waals surface area contributed by atoms with Crippen molar-refractivity contribution in [1.82, 2.24) is 0 Å². The zero-order chi connectivity index (χ0) is 13.0. The van der Waals surface area contributed by atoms with Gasteiger partial charge in [0.2, 0.25) is 0 Å². The van der Waals surface area contributed by atoms with Crippen LogP contribution in [-0.2, 0) is 9.53 Å². The number of esters is 1. The lowest BCUT2D eigenvalue weighted by Gasteiger charge is -2.36. The number of hydrogen-bond acceptors (Lipinski definition) is 4. The van der Waals surface area contributed by atoms with Crippen LogP contribution in [0.5, 0.6) is 0 Å². The SMILES string of the molecule is CCOC(=O)CC(N)C1CC(Cl)C(O)C(Cl)C1. The van der Waals surface area contributed by atoms with Crippen LogP contribution < -0.4 is 5.73 Å². The Morgan fingerprint density at radius 3 is 2.47 bits per heavy atom. The van der Waals surface area contributed by atoms with E-state index in [4.69, 9.17) is 33.7 Å². The molecule has 17 heavy (non-hydrogen) atoms. The number of alkyl halides is 2. The Balaban J connectivity index is 2.47. The van der Waals surface area contributed by atoms with E-state index in [0.29, 0.717) is 19.4 Å². The summed E-state index contributed by atoms with van der Waals surface area (Å²) in [6.45, 7) is 2.11. The van der Waals surface area contributed by atoms with Crippen LogP contribution in [0.25, 0.3) is 0 Å². The van der Waals surface area contributed by atoms with E-state index in [1.54, 1.807) is 6.92 Å². The van der Waals surface area contributed by atoms with Gasteiger partial charge in [0.15, 0.2) is 0 Å². The molecule has 1 aliphatic carbocycles. The van der Waals surface area contributed by atoms with Crippen molar-refractivity contribution >= 4 is 29.2 Å². The standard InChI is InChI=1S/C11H19Cl2NO3/c1-2-17-10(15)5-9(14)6-3-7(12)11(16)8(13)4-6/h6-9,11,16H,2-5,14H2,1H3. The average molecular weight is 284 g/mol. The first-order chi connectivity index (χ1) is 7.95. The first kappa shape index (κ1) is 15.0. The van der Waals surface area contributed by atoms with Crippen LogP contribution in [-0.4, -0.2) is 40.6 Å². The number of carbonyl (C=O) groups excluding carboxylic acids is 1. The van der Waals surface area contributed by atoms with Crippen LogP contribution in [0.15, 0.2) is 0 Å². The molecule has 0 amide bonds. The van der Waals surface area contributed by atoms with Gasteiger partial charge in [0.05, 0.1) is 29.9 Å². The maximum Gasteiger partial charge on any atom is 0.307 e. The van der Waals surface area contributed by atoms with E-state index >= 15 is 0 Å². The molecule has 0 heterocycles. The van der Waals surface area contributed by atoms with Crippen molar-refractivity contribution in [2.75, 3.05) is 6.61 Å². The van der Waals surface area contributed by atoms with Crippen LogP contribution in [0.3, 0.4) is 0 Å². The first-order valence-corrected chi connectivity index (χ1v) is 6.70. The number of hydrogen-bond donors (Lipinski definition) is 2. The van der Waals surface area contributed by atoms with Gasteiger partial charge in [-0.15, -0.1) is 23.2 Å². The molecule has 1 rings (SSSR count). The van der Waals surface area contributed by atoms with Gasteiger partial charge in [-0.2, -0.15) is 0 Å². The zero-order valence-electron chi connectivity index (χ0n) is 9.81. The molecule has 0 aromatic heterocycles. The molecule has 1 saturated carbocycles. The summed E-state index contributed by atoms with van der Waals surface area (Å²) in [6.07, 6.45) is 0.616. The fourth-order valence-corrected chi connectivity index (χ4v) is 2.99. The monoisotopic (exact) mass is 283 g/mol. The van der Waals surface area contributed by atoms with Crippen LogP contribution in [0.2, 0.25) is 0 Å². The van der Waals surface area contributed by atoms with Gasteiger partial charge in [-0.3, -0.25) is 4.79 Å². The lowest BCUT2D eigenvalue weighted by molar-refractivity contribution is -0.143. The average Bonchev–Trinajstić information content (AvgIpc) is 2.25. The van der Waals surface area contributed by atoms with E-state index in [9.17, 15) is 9.90 Å². The molecule has 3 N–H and O–H groups in total. The highest BCUT2D eigenvalue weighted by Crippen LogP contribution is 2.33. The number of aliphatic hydroxyl groups excluding tert-OH is 1. The maximum atomic E-state index is 11.3. The van der Waals surface area contributed by atoms with Gasteiger partial charge in [-0.25, -0.2) is 0 Å². The highest BCUT2D eigenvalue weighted by atomic mass is 35.5. The Morgan fingerprint density at radius 1 is 1.47 bits per heavy atom. The molecular formula is C11H19Cl2NO3. The van der Waals surface area contributed by atoms with Crippen molar-refractivity contribution in [2.24, 2.45) is 11.7 Å². The summed E-state index contributed by atoms with van der Waals surface area (Å²) in [7, 11) is 0. The zero-order valence-corrected chi connectivity index (χ0v) is 11.3. The second-order valence-electron chi connectivity index (χ2n) is 4.43. The first-order valence-electron chi connectivity index (χ1n) is 5.83. The normalized spacial score (nSPS) is 35.4. The van der Waals surface area contributed by atoms with Gasteiger partial charge in [0.25, 0.3) is 0 Å². The summed E-state index contributed by atoms with van der Waals surface area (Å²) in [5, 5.41) is 8.82. The minimum absolute atomic E-state index is 0.0489. The minimum atomic E-state index is -0.704. The van der Waals surface area contributed by atoms with Crippen LogP contribution in [0.4, 0.5) is 0 Å². The van der Waals surface area contributed by atoms with Gasteiger partial charge in [-0.05, 0) is 25.7 Å². The molecule has 3 unspecified atom stereocenters. The molecule has 6 heteroatoms. The predicted octanol–water partition coefficient (Wildman–Crippen LogP) is 1.25. The number of ether oxygens (including phenoxy) is 1. The molecule has 0 bridgehead atoms. The molecule has 0 aromatic rings. The van der Waals surface area contributed by atoms with Crippen molar-refractivity contribution in [1.29, 1.82) is 0 Å². The number of nitrogens with two attached hydrogens (primary N) is 1. The van der Waals surface area contributed by atoms with Crippen molar-refractivity contribution in [2.45, 2.75) is 49.1 Å². The third-order valence-corrected chi connectivity index (χ3v) is 3.98. The fraction of sp³-hybridized carbons (Fsp3) is 0.909. The molecular weight excluding hydrogens is 265 g/mol. The van der Waals surface area contributed by atoms with E-state index in [1.165, 1.54) is 0 Å². The highest BCUT2D eigenvalue weighted by Gasteiger charge is 2.37. The van der Waals surface area contributed by atoms with E-state index in [-0.39, 0.29) is 24.3 Å². The van der Waals surface area contributed by atoms with E-state index in [0.717, 1.165) is 0 Å². The maximum absolute atomic E-state index is 11.3. The van der Waals surface area contributed by atoms with Gasteiger partial charge in [0, 0.05) is 6.04 Å².